The molecule has 1 aromatic carbocycles. The molecular weight excluding hydrogens is 362 g/mol. The molecule has 1 saturated heterocycles. The van der Waals surface area contributed by atoms with E-state index in [4.69, 9.17) is 0 Å². The smallest absolute Gasteiger partial charge is 0.270 e. The van der Waals surface area contributed by atoms with Crippen molar-refractivity contribution < 1.29 is 13.2 Å². The van der Waals surface area contributed by atoms with Gasteiger partial charge >= 0.3 is 0 Å². The summed E-state index contributed by atoms with van der Waals surface area (Å²) < 4.78 is 30.1. The Kier molecular flexibility index (Phi) is 4.60. The minimum atomic E-state index is -3.50. The summed E-state index contributed by atoms with van der Waals surface area (Å²) >= 11 is 0. The van der Waals surface area contributed by atoms with E-state index >= 15 is 0 Å². The summed E-state index contributed by atoms with van der Waals surface area (Å²) in [6.45, 7) is 1.35. The second-order valence-corrected chi connectivity index (χ2v) is 9.40. The Bertz CT molecular complexity index is 928. The van der Waals surface area contributed by atoms with E-state index in [1.807, 2.05) is 40.9 Å². The third-order valence-electron chi connectivity index (χ3n) is 6.23. The average Bonchev–Trinajstić information content (AvgIpc) is 3.11. The number of hydrogen-bond acceptors (Lipinski definition) is 3. The first-order valence-electron chi connectivity index (χ1n) is 9.39. The number of nitrogens with zero attached hydrogens (tertiary/aromatic N) is 2. The highest BCUT2D eigenvalue weighted by molar-refractivity contribution is 7.89. The van der Waals surface area contributed by atoms with E-state index in [2.05, 4.69) is 4.72 Å². The van der Waals surface area contributed by atoms with E-state index in [9.17, 15) is 13.2 Å². The molecule has 2 aliphatic rings. The van der Waals surface area contributed by atoms with Gasteiger partial charge in [-0.15, -0.1) is 0 Å². The normalized spacial score (nSPS) is 21.8. The summed E-state index contributed by atoms with van der Waals surface area (Å²) in [6.07, 6.45) is 5.42. The molecule has 1 N–H and O–H groups in total. The van der Waals surface area contributed by atoms with Crippen LogP contribution >= 0.6 is 0 Å². The second-order valence-electron chi connectivity index (χ2n) is 7.68. The molecule has 1 aromatic heterocycles. The van der Waals surface area contributed by atoms with Crippen molar-refractivity contribution in [2.45, 2.75) is 36.6 Å². The molecule has 4 rings (SSSR count). The van der Waals surface area contributed by atoms with Crippen molar-refractivity contribution in [3.8, 4) is 0 Å². The fourth-order valence-corrected chi connectivity index (χ4v) is 5.73. The molecule has 2 fully saturated rings. The molecule has 1 aliphatic heterocycles. The number of benzene rings is 1. The van der Waals surface area contributed by atoms with Gasteiger partial charge in [-0.05, 0) is 55.4 Å². The van der Waals surface area contributed by atoms with E-state index < -0.39 is 10.0 Å². The number of rotatable bonds is 4. The van der Waals surface area contributed by atoms with Gasteiger partial charge in [-0.3, -0.25) is 4.79 Å². The highest BCUT2D eigenvalue weighted by Gasteiger charge is 2.50. The zero-order valence-corrected chi connectivity index (χ0v) is 16.3. The van der Waals surface area contributed by atoms with Gasteiger partial charge in [-0.2, -0.15) is 0 Å². The lowest BCUT2D eigenvalue weighted by Crippen LogP contribution is -2.59. The van der Waals surface area contributed by atoms with Crippen LogP contribution in [-0.2, 0) is 17.1 Å². The van der Waals surface area contributed by atoms with Crippen LogP contribution in [0.3, 0.4) is 0 Å². The molecule has 1 atom stereocenters. The topological polar surface area (TPSA) is 71.4 Å². The summed E-state index contributed by atoms with van der Waals surface area (Å²) in [4.78, 5) is 14.9. The maximum atomic E-state index is 12.7. The first-order valence-corrected chi connectivity index (χ1v) is 10.9. The van der Waals surface area contributed by atoms with Crippen LogP contribution in [0, 0.1) is 5.41 Å². The lowest BCUT2D eigenvalue weighted by molar-refractivity contribution is 0.00476. The molecule has 0 unspecified atom stereocenters. The van der Waals surface area contributed by atoms with Crippen LogP contribution in [0.25, 0.3) is 0 Å². The number of aromatic nitrogens is 1. The SMILES string of the molecule is Cn1cccc1C(=O)N1CCC2(CC[C@H]2NS(=O)(=O)c2ccccc2)CC1. The molecule has 1 amide bonds. The number of amides is 1. The van der Waals surface area contributed by atoms with E-state index in [0.29, 0.717) is 23.7 Å². The molecule has 0 radical (unpaired) electrons. The van der Waals surface area contributed by atoms with Crippen molar-refractivity contribution in [3.05, 3.63) is 54.4 Å². The van der Waals surface area contributed by atoms with Gasteiger partial charge in [0.25, 0.3) is 5.91 Å². The molecule has 6 nitrogen and oxygen atoms in total. The van der Waals surface area contributed by atoms with Crippen molar-refractivity contribution in [3.63, 3.8) is 0 Å². The third kappa shape index (κ3) is 3.30. The number of hydrogen-bond donors (Lipinski definition) is 1. The Morgan fingerprint density at radius 3 is 2.33 bits per heavy atom. The Labute approximate surface area is 160 Å². The fraction of sp³-hybridized carbons (Fsp3) is 0.450. The standard InChI is InChI=1S/C20H25N3O3S/c1-22-13-5-8-17(22)19(24)23-14-11-20(12-15-23)10-9-18(20)21-27(25,26)16-6-3-2-4-7-16/h2-8,13,18,21H,9-12,14-15H2,1H3/t18-/m1/s1. The number of likely N-dealkylation sites (tertiary alicyclic amines) is 1. The number of carbonyl (C=O) groups is 1. The molecule has 1 aliphatic carbocycles. The van der Waals surface area contributed by atoms with Crippen LogP contribution < -0.4 is 4.72 Å². The van der Waals surface area contributed by atoms with Crippen LogP contribution in [0.4, 0.5) is 0 Å². The molecule has 1 saturated carbocycles. The van der Waals surface area contributed by atoms with Gasteiger partial charge in [0, 0.05) is 32.4 Å². The summed E-state index contributed by atoms with van der Waals surface area (Å²) in [6, 6.07) is 12.2. The van der Waals surface area contributed by atoms with E-state index in [-0.39, 0.29) is 17.4 Å². The molecule has 144 valence electrons. The molecular formula is C20H25N3O3S. The number of sulfonamides is 1. The molecule has 1 spiro atoms. The van der Waals surface area contributed by atoms with Crippen molar-refractivity contribution >= 4 is 15.9 Å². The quantitative estimate of drug-likeness (QED) is 0.876. The Hall–Kier alpha value is -2.12. The summed E-state index contributed by atoms with van der Waals surface area (Å²) in [5.74, 6) is 0.0538. The van der Waals surface area contributed by atoms with E-state index in [1.165, 1.54) is 0 Å². The number of nitrogens with one attached hydrogen (secondary N) is 1. The summed E-state index contributed by atoms with van der Waals surface area (Å²) in [5.41, 5.74) is 0.674. The molecule has 7 heteroatoms. The van der Waals surface area contributed by atoms with Gasteiger partial charge in [0.15, 0.2) is 0 Å². The average molecular weight is 388 g/mol. The minimum absolute atomic E-state index is 0.0210. The van der Waals surface area contributed by atoms with Gasteiger partial charge in [-0.1, -0.05) is 18.2 Å². The van der Waals surface area contributed by atoms with Crippen molar-refractivity contribution in [1.29, 1.82) is 0 Å². The maximum absolute atomic E-state index is 12.7. The van der Waals surface area contributed by atoms with Gasteiger partial charge in [0.05, 0.1) is 4.90 Å². The first-order chi connectivity index (χ1) is 12.9. The monoisotopic (exact) mass is 387 g/mol. The second kappa shape index (κ2) is 6.80. The molecule has 27 heavy (non-hydrogen) atoms. The van der Waals surface area contributed by atoms with Crippen LogP contribution in [0.1, 0.15) is 36.2 Å². The molecule has 2 aromatic rings. The first kappa shape index (κ1) is 18.3. The number of carbonyl (C=O) groups excluding carboxylic acids is 1. The van der Waals surface area contributed by atoms with Crippen LogP contribution in [0.15, 0.2) is 53.6 Å². The summed E-state index contributed by atoms with van der Waals surface area (Å²) in [5, 5.41) is 0. The predicted octanol–water partition coefficient (Wildman–Crippen LogP) is 2.39. The van der Waals surface area contributed by atoms with E-state index in [0.717, 1.165) is 25.7 Å². The lowest BCUT2D eigenvalue weighted by Gasteiger charge is -2.53. The van der Waals surface area contributed by atoms with Crippen LogP contribution in [0.2, 0.25) is 0 Å². The Morgan fingerprint density at radius 1 is 1.07 bits per heavy atom. The van der Waals surface area contributed by atoms with Gasteiger partial charge in [-0.25, -0.2) is 13.1 Å². The zero-order valence-electron chi connectivity index (χ0n) is 15.5. The highest BCUT2D eigenvalue weighted by Crippen LogP contribution is 2.49. The maximum Gasteiger partial charge on any atom is 0.270 e. The van der Waals surface area contributed by atoms with Crippen molar-refractivity contribution in [1.82, 2.24) is 14.2 Å². The van der Waals surface area contributed by atoms with Crippen LogP contribution in [-0.4, -0.2) is 42.9 Å². The summed E-state index contributed by atoms with van der Waals surface area (Å²) in [7, 11) is -1.63. The Morgan fingerprint density at radius 2 is 1.78 bits per heavy atom. The highest BCUT2D eigenvalue weighted by atomic mass is 32.2. The number of aryl methyl sites for hydroxylation is 1. The van der Waals surface area contributed by atoms with E-state index in [1.54, 1.807) is 24.3 Å². The third-order valence-corrected chi connectivity index (χ3v) is 7.72. The van der Waals surface area contributed by atoms with Gasteiger partial charge < -0.3 is 9.47 Å². The van der Waals surface area contributed by atoms with Crippen molar-refractivity contribution in [2.75, 3.05) is 13.1 Å². The van der Waals surface area contributed by atoms with Crippen molar-refractivity contribution in [2.24, 2.45) is 12.5 Å². The Balaban J connectivity index is 1.41. The molecule has 0 bridgehead atoms. The fourth-order valence-electron chi connectivity index (χ4n) is 4.33. The number of piperidine rings is 1. The van der Waals surface area contributed by atoms with Gasteiger partial charge in [0.1, 0.15) is 5.69 Å². The largest absolute Gasteiger partial charge is 0.347 e. The molecule has 2 heterocycles. The predicted molar refractivity (Wildman–Crippen MR) is 103 cm³/mol. The van der Waals surface area contributed by atoms with Gasteiger partial charge in [0.2, 0.25) is 10.0 Å². The van der Waals surface area contributed by atoms with Crippen LogP contribution in [0.5, 0.6) is 0 Å². The minimum Gasteiger partial charge on any atom is -0.347 e. The zero-order chi connectivity index (χ0) is 19.1. The lowest BCUT2D eigenvalue weighted by atomic mass is 9.59.